The first-order chi connectivity index (χ1) is 15.1. The molecular weight excluding hydrogens is 416 g/mol. The Kier molecular flexibility index (Phi) is 6.63. The predicted octanol–water partition coefficient (Wildman–Crippen LogP) is 4.76. The van der Waals surface area contributed by atoms with Crippen molar-refractivity contribution in [3.63, 3.8) is 0 Å². The van der Waals surface area contributed by atoms with Gasteiger partial charge in [-0.2, -0.15) is 0 Å². The van der Waals surface area contributed by atoms with Gasteiger partial charge in [-0.15, -0.1) is 0 Å². The van der Waals surface area contributed by atoms with Gasteiger partial charge in [0.15, 0.2) is 11.5 Å². The van der Waals surface area contributed by atoms with Crippen LogP contribution in [0.15, 0.2) is 36.7 Å². The first kappa shape index (κ1) is 21.5. The predicted molar refractivity (Wildman–Crippen MR) is 123 cm³/mol. The summed E-state index contributed by atoms with van der Waals surface area (Å²) in [4.78, 5) is 11.2. The van der Waals surface area contributed by atoms with Crippen LogP contribution in [0.2, 0.25) is 5.02 Å². The molecule has 3 aromatic rings. The van der Waals surface area contributed by atoms with E-state index < -0.39 is 0 Å². The fraction of sp³-hybridized carbons (Fsp3) is 0.391. The SMILES string of the molecule is COc1ccc(Nc2ncnc3cc(OCC4CCN(C)CC4)c(OC)cc23)c(Cl)c1. The van der Waals surface area contributed by atoms with Crippen LogP contribution >= 0.6 is 11.6 Å². The molecule has 8 heteroatoms. The highest BCUT2D eigenvalue weighted by atomic mass is 35.5. The highest BCUT2D eigenvalue weighted by molar-refractivity contribution is 6.33. The van der Waals surface area contributed by atoms with Crippen molar-refractivity contribution in [3.05, 3.63) is 41.7 Å². The zero-order valence-corrected chi connectivity index (χ0v) is 18.8. The molecule has 1 aliphatic heterocycles. The van der Waals surface area contributed by atoms with Gasteiger partial charge in [-0.05, 0) is 57.1 Å². The zero-order valence-electron chi connectivity index (χ0n) is 18.0. The maximum absolute atomic E-state index is 6.38. The van der Waals surface area contributed by atoms with E-state index in [1.54, 1.807) is 20.3 Å². The summed E-state index contributed by atoms with van der Waals surface area (Å²) >= 11 is 6.38. The Bertz CT molecular complexity index is 1050. The second-order valence-corrected chi connectivity index (χ2v) is 8.18. The molecule has 1 N–H and O–H groups in total. The third-order valence-corrected chi connectivity index (χ3v) is 5.98. The number of halogens is 1. The van der Waals surface area contributed by atoms with Gasteiger partial charge in [-0.25, -0.2) is 9.97 Å². The smallest absolute Gasteiger partial charge is 0.163 e. The third kappa shape index (κ3) is 4.94. The molecule has 0 unspecified atom stereocenters. The molecule has 4 rings (SSSR count). The first-order valence-electron chi connectivity index (χ1n) is 10.3. The summed E-state index contributed by atoms with van der Waals surface area (Å²) in [6, 6.07) is 9.26. The first-order valence-corrected chi connectivity index (χ1v) is 10.7. The van der Waals surface area contributed by atoms with E-state index in [1.807, 2.05) is 24.3 Å². The number of nitrogens with zero attached hydrogens (tertiary/aromatic N) is 3. The fourth-order valence-corrected chi connectivity index (χ4v) is 3.94. The lowest BCUT2D eigenvalue weighted by Crippen LogP contribution is -2.32. The normalized spacial score (nSPS) is 15.1. The largest absolute Gasteiger partial charge is 0.497 e. The number of nitrogens with one attached hydrogen (secondary N) is 1. The summed E-state index contributed by atoms with van der Waals surface area (Å²) in [7, 11) is 5.41. The van der Waals surface area contributed by atoms with Crippen molar-refractivity contribution >= 4 is 34.0 Å². The molecule has 7 nitrogen and oxygen atoms in total. The van der Waals surface area contributed by atoms with Crippen molar-refractivity contribution in [2.75, 3.05) is 46.3 Å². The Balaban J connectivity index is 1.58. The lowest BCUT2D eigenvalue weighted by Gasteiger charge is -2.28. The molecule has 31 heavy (non-hydrogen) atoms. The van der Waals surface area contributed by atoms with Crippen molar-refractivity contribution in [2.24, 2.45) is 5.92 Å². The average Bonchev–Trinajstić information content (AvgIpc) is 2.79. The van der Waals surface area contributed by atoms with Crippen molar-refractivity contribution in [1.82, 2.24) is 14.9 Å². The number of aromatic nitrogens is 2. The van der Waals surface area contributed by atoms with Gasteiger partial charge >= 0.3 is 0 Å². The minimum absolute atomic E-state index is 0.538. The number of fused-ring (bicyclic) bond motifs is 1. The van der Waals surface area contributed by atoms with Crippen LogP contribution in [-0.4, -0.2) is 55.8 Å². The number of anilines is 2. The van der Waals surface area contributed by atoms with Gasteiger partial charge in [0.05, 0.1) is 37.1 Å². The van der Waals surface area contributed by atoms with E-state index >= 15 is 0 Å². The number of hydrogen-bond donors (Lipinski definition) is 1. The minimum Gasteiger partial charge on any atom is -0.497 e. The summed E-state index contributed by atoms with van der Waals surface area (Å²) in [5.74, 6) is 3.23. The number of piperidine rings is 1. The number of methoxy groups -OCH3 is 2. The highest BCUT2D eigenvalue weighted by Gasteiger charge is 2.19. The van der Waals surface area contributed by atoms with Crippen LogP contribution in [0.25, 0.3) is 10.9 Å². The van der Waals surface area contributed by atoms with Gasteiger partial charge in [0.25, 0.3) is 0 Å². The van der Waals surface area contributed by atoms with Gasteiger partial charge in [-0.1, -0.05) is 11.6 Å². The number of likely N-dealkylation sites (tertiary alicyclic amines) is 1. The summed E-state index contributed by atoms with van der Waals surface area (Å²) in [6.45, 7) is 2.89. The maximum atomic E-state index is 6.38. The quantitative estimate of drug-likeness (QED) is 0.565. The second kappa shape index (κ2) is 9.58. The number of benzene rings is 2. The maximum Gasteiger partial charge on any atom is 0.163 e. The van der Waals surface area contributed by atoms with Crippen LogP contribution in [-0.2, 0) is 0 Å². The Morgan fingerprint density at radius 3 is 2.58 bits per heavy atom. The van der Waals surface area contributed by atoms with E-state index in [1.165, 1.54) is 6.33 Å². The topological polar surface area (TPSA) is 68.7 Å². The van der Waals surface area contributed by atoms with Crippen LogP contribution in [0.5, 0.6) is 17.2 Å². The van der Waals surface area contributed by atoms with Gasteiger partial charge in [0.1, 0.15) is 17.9 Å². The number of ether oxygens (including phenoxy) is 3. The van der Waals surface area contributed by atoms with Crippen molar-refractivity contribution in [1.29, 1.82) is 0 Å². The van der Waals surface area contributed by atoms with Crippen molar-refractivity contribution < 1.29 is 14.2 Å². The van der Waals surface area contributed by atoms with Crippen LogP contribution in [0.3, 0.4) is 0 Å². The molecule has 0 amide bonds. The molecule has 2 aromatic carbocycles. The molecule has 1 fully saturated rings. The molecule has 1 aliphatic rings. The van der Waals surface area contributed by atoms with Gasteiger partial charge < -0.3 is 24.4 Å². The number of hydrogen-bond acceptors (Lipinski definition) is 7. The van der Waals surface area contributed by atoms with Crippen LogP contribution in [0, 0.1) is 5.92 Å². The standard InChI is InChI=1S/C23H27ClN4O3/c1-28-8-6-15(7-9-28)13-31-22-12-20-17(11-21(22)30-3)23(26-14-25-20)27-19-5-4-16(29-2)10-18(19)24/h4-5,10-12,14-15H,6-9,13H2,1-3H3,(H,25,26,27). The molecule has 164 valence electrons. The van der Waals surface area contributed by atoms with Crippen LogP contribution in [0.4, 0.5) is 11.5 Å². The molecule has 1 aromatic heterocycles. The summed E-state index contributed by atoms with van der Waals surface area (Å²) in [5.41, 5.74) is 1.49. The van der Waals surface area contributed by atoms with Crippen molar-refractivity contribution in [3.8, 4) is 17.2 Å². The zero-order chi connectivity index (χ0) is 21.8. The van der Waals surface area contributed by atoms with Gasteiger partial charge in [-0.3, -0.25) is 0 Å². The molecule has 0 saturated carbocycles. The van der Waals surface area contributed by atoms with E-state index in [0.29, 0.717) is 40.6 Å². The van der Waals surface area contributed by atoms with Gasteiger partial charge in [0, 0.05) is 17.5 Å². The molecular formula is C23H27ClN4O3. The van der Waals surface area contributed by atoms with E-state index in [-0.39, 0.29) is 0 Å². The Morgan fingerprint density at radius 1 is 1.06 bits per heavy atom. The van der Waals surface area contributed by atoms with Crippen molar-refractivity contribution in [2.45, 2.75) is 12.8 Å². The Labute approximate surface area is 187 Å². The fourth-order valence-electron chi connectivity index (χ4n) is 3.72. The molecule has 0 spiro atoms. The highest BCUT2D eigenvalue weighted by Crippen LogP contribution is 2.36. The molecule has 2 heterocycles. The Hall–Kier alpha value is -2.77. The van der Waals surface area contributed by atoms with E-state index in [9.17, 15) is 0 Å². The summed E-state index contributed by atoms with van der Waals surface area (Å²) in [6.07, 6.45) is 3.81. The molecule has 0 radical (unpaired) electrons. The molecule has 0 bridgehead atoms. The van der Waals surface area contributed by atoms with Crippen LogP contribution < -0.4 is 19.5 Å². The lowest BCUT2D eigenvalue weighted by molar-refractivity contribution is 0.157. The lowest BCUT2D eigenvalue weighted by atomic mass is 9.98. The monoisotopic (exact) mass is 442 g/mol. The Morgan fingerprint density at radius 2 is 1.87 bits per heavy atom. The number of rotatable bonds is 7. The molecule has 0 aliphatic carbocycles. The van der Waals surface area contributed by atoms with E-state index in [4.69, 9.17) is 25.8 Å². The second-order valence-electron chi connectivity index (χ2n) is 7.77. The summed E-state index contributed by atoms with van der Waals surface area (Å²) < 4.78 is 17.0. The van der Waals surface area contributed by atoms with E-state index in [0.717, 1.165) is 42.5 Å². The van der Waals surface area contributed by atoms with Gasteiger partial charge in [0.2, 0.25) is 0 Å². The third-order valence-electron chi connectivity index (χ3n) is 5.66. The average molecular weight is 443 g/mol. The minimum atomic E-state index is 0.538. The summed E-state index contributed by atoms with van der Waals surface area (Å²) in [5, 5.41) is 4.64. The van der Waals surface area contributed by atoms with Crippen LogP contribution in [0.1, 0.15) is 12.8 Å². The molecule has 1 saturated heterocycles. The molecule has 0 atom stereocenters. The van der Waals surface area contributed by atoms with E-state index in [2.05, 4.69) is 27.2 Å².